The number of benzene rings is 18. The van der Waals surface area contributed by atoms with Gasteiger partial charge >= 0.3 is 0 Å². The van der Waals surface area contributed by atoms with E-state index in [9.17, 15) is 0 Å². The van der Waals surface area contributed by atoms with Crippen LogP contribution in [0.15, 0.2) is 405 Å². The molecular weight excluding hydrogens is 1500 g/mol. The van der Waals surface area contributed by atoms with Crippen LogP contribution in [0.1, 0.15) is 0 Å². The van der Waals surface area contributed by atoms with Gasteiger partial charge in [0, 0.05) is 146 Å². The second-order valence-electron chi connectivity index (χ2n) is 29.7. The van der Waals surface area contributed by atoms with Gasteiger partial charge in [-0.25, -0.2) is 0 Å². The number of hydrogen-bond acceptors (Lipinski definition) is 8. The predicted octanol–water partition coefficient (Wildman–Crippen LogP) is 34.1. The minimum Gasteiger partial charge on any atom is -0.456 e. The van der Waals surface area contributed by atoms with Crippen LogP contribution in [0.3, 0.4) is 0 Å². The van der Waals surface area contributed by atoms with Crippen molar-refractivity contribution in [3.63, 3.8) is 0 Å². The molecule has 3 nitrogen and oxygen atoms in total. The lowest BCUT2D eigenvalue weighted by molar-refractivity contribution is 0.669. The third kappa shape index (κ3) is 11.9. The number of para-hydroxylation sites is 1. The standard InChI is InChI=1S/C54H33NOS2.C54H33NS3/c1-4-13-49-43(8-1)47-32-37(22-30-50(47)56-49)34-16-24-39(25-17-34)55(40-26-18-35(19-27-40)38-23-31-53-48(33-38)45-10-3-5-14-51(45)57-53)41-28-20-36(21-29-41)42-11-7-12-46-44-9-2-6-15-52(44)58-54(42)46;1-6-15-51-43(8-1)46-12-7-11-42(54(46)58-51)36-20-28-41(29-21-36)55(39-24-16-34(17-25-39)37-22-30-52-47(32-37)44-9-2-4-13-49(44)56-52)40-26-18-35(19-27-40)38-23-31-53-48(33-38)45-10-3-5-14-50(45)57-53/h2*1-33H. The van der Waals surface area contributed by atoms with E-state index in [0.717, 1.165) is 67.2 Å². The summed E-state index contributed by atoms with van der Waals surface area (Å²) < 4.78 is 19.4. The Bertz CT molecular complexity index is 7150. The molecule has 0 aliphatic carbocycles. The molecule has 0 spiro atoms. The van der Waals surface area contributed by atoms with Gasteiger partial charge in [0.1, 0.15) is 11.2 Å². The minimum absolute atomic E-state index is 0.909. The third-order valence-corrected chi connectivity index (χ3v) is 28.9. The molecule has 0 amide bonds. The van der Waals surface area contributed by atoms with E-state index in [1.54, 1.807) is 0 Å². The van der Waals surface area contributed by atoms with Crippen LogP contribution < -0.4 is 9.80 Å². The van der Waals surface area contributed by atoms with Gasteiger partial charge in [0.15, 0.2) is 0 Å². The fraction of sp³-hybridized carbons (Fsp3) is 0. The van der Waals surface area contributed by atoms with Crippen LogP contribution in [0, 0.1) is 0 Å². The van der Waals surface area contributed by atoms with Crippen LogP contribution in [0.2, 0.25) is 0 Å². The summed E-state index contributed by atoms with van der Waals surface area (Å²) in [4.78, 5) is 4.74. The highest BCUT2D eigenvalue weighted by Gasteiger charge is 2.21. The quantitative estimate of drug-likeness (QED) is 0.122. The molecule has 544 valence electrons. The van der Waals surface area contributed by atoms with Crippen LogP contribution in [-0.2, 0) is 0 Å². The fourth-order valence-electron chi connectivity index (χ4n) is 17.3. The van der Waals surface area contributed by atoms with Gasteiger partial charge in [-0.05, 0) is 224 Å². The molecule has 0 atom stereocenters. The van der Waals surface area contributed by atoms with E-state index in [0.29, 0.717) is 0 Å². The van der Waals surface area contributed by atoms with E-state index in [2.05, 4.69) is 398 Å². The second kappa shape index (κ2) is 28.2. The molecule has 0 bridgehead atoms. The molecule has 6 aromatic heterocycles. The lowest BCUT2D eigenvalue weighted by Crippen LogP contribution is -2.09. The molecule has 0 radical (unpaired) electrons. The Morgan fingerprint density at radius 3 is 0.741 bits per heavy atom. The van der Waals surface area contributed by atoms with E-state index < -0.39 is 0 Å². The van der Waals surface area contributed by atoms with Gasteiger partial charge in [-0.2, -0.15) is 0 Å². The average Bonchev–Trinajstić information content (AvgIpc) is 1.57. The van der Waals surface area contributed by atoms with E-state index in [1.807, 2.05) is 68.8 Å². The Kier molecular flexibility index (Phi) is 16.6. The highest BCUT2D eigenvalue weighted by atomic mass is 32.1. The smallest absolute Gasteiger partial charge is 0.135 e. The first-order chi connectivity index (χ1) is 57.4. The monoisotopic (exact) mass is 1570 g/mol. The highest BCUT2D eigenvalue weighted by molar-refractivity contribution is 7.27. The van der Waals surface area contributed by atoms with Crippen LogP contribution in [0.25, 0.3) is 190 Å². The van der Waals surface area contributed by atoms with Crippen molar-refractivity contribution in [2.75, 3.05) is 9.80 Å². The van der Waals surface area contributed by atoms with E-state index in [1.165, 1.54) is 156 Å². The summed E-state index contributed by atoms with van der Waals surface area (Å²) in [5, 5.41) is 15.5. The van der Waals surface area contributed by atoms with E-state index in [-0.39, 0.29) is 0 Å². The predicted molar refractivity (Wildman–Crippen MR) is 507 cm³/mol. The zero-order valence-electron chi connectivity index (χ0n) is 62.4. The summed E-state index contributed by atoms with van der Waals surface area (Å²) >= 11 is 9.34. The number of hydrogen-bond donors (Lipinski definition) is 0. The van der Waals surface area contributed by atoms with Crippen molar-refractivity contribution in [1.29, 1.82) is 0 Å². The molecule has 0 saturated heterocycles. The molecule has 0 saturated carbocycles. The van der Waals surface area contributed by atoms with Gasteiger partial charge in [0.2, 0.25) is 0 Å². The number of furan rings is 1. The van der Waals surface area contributed by atoms with Gasteiger partial charge in [0.05, 0.1) is 0 Å². The Balaban J connectivity index is 0.000000137. The van der Waals surface area contributed by atoms with Crippen molar-refractivity contribution >= 4 is 214 Å². The summed E-state index contributed by atoms with van der Waals surface area (Å²) in [7, 11) is 0. The molecule has 6 heterocycles. The van der Waals surface area contributed by atoms with E-state index >= 15 is 0 Å². The lowest BCUT2D eigenvalue weighted by atomic mass is 10.0. The minimum atomic E-state index is 0.909. The number of rotatable bonds is 12. The van der Waals surface area contributed by atoms with Crippen molar-refractivity contribution in [3.8, 4) is 66.8 Å². The first kappa shape index (κ1) is 68.1. The zero-order valence-corrected chi connectivity index (χ0v) is 66.5. The molecule has 18 aromatic carbocycles. The van der Waals surface area contributed by atoms with Crippen LogP contribution in [0.4, 0.5) is 34.1 Å². The van der Waals surface area contributed by atoms with Gasteiger partial charge in [-0.1, -0.05) is 243 Å². The summed E-state index contributed by atoms with van der Waals surface area (Å²) in [6.45, 7) is 0. The Morgan fingerprint density at radius 2 is 0.397 bits per heavy atom. The maximum Gasteiger partial charge on any atom is 0.135 e. The molecular formula is C108H66N2OS5. The zero-order chi connectivity index (χ0) is 76.3. The molecule has 0 N–H and O–H groups in total. The first-order valence-corrected chi connectivity index (χ1v) is 43.2. The summed E-state index contributed by atoms with van der Waals surface area (Å²) in [5.74, 6) is 0. The SMILES string of the molecule is c1ccc2c(c1)oc1ccc(-c3ccc(N(c4ccc(-c5ccc6sc7ccccc7c6c5)cc4)c4ccc(-c5cccc6c5sc5ccccc56)cc4)cc3)cc12.c1ccc2c(c1)sc1ccc(-c3ccc(N(c4ccc(-c5ccc6sc7ccccc7c6c5)cc4)c4ccc(-c5cccc6c5sc5ccccc56)cc4)cc3)cc12. The third-order valence-electron chi connectivity index (χ3n) is 23.0. The van der Waals surface area contributed by atoms with Gasteiger partial charge in [-0.3, -0.25) is 0 Å². The number of anilines is 6. The van der Waals surface area contributed by atoms with Gasteiger partial charge in [0.25, 0.3) is 0 Å². The van der Waals surface area contributed by atoms with Crippen LogP contribution >= 0.6 is 56.7 Å². The molecule has 0 aliphatic rings. The second-order valence-corrected chi connectivity index (χ2v) is 35.1. The summed E-state index contributed by atoms with van der Waals surface area (Å²) in [6.07, 6.45) is 0. The topological polar surface area (TPSA) is 19.6 Å². The van der Waals surface area contributed by atoms with Crippen molar-refractivity contribution in [3.05, 3.63) is 400 Å². The van der Waals surface area contributed by atoms with Crippen molar-refractivity contribution < 1.29 is 4.42 Å². The van der Waals surface area contributed by atoms with Crippen molar-refractivity contribution in [1.82, 2.24) is 0 Å². The molecule has 116 heavy (non-hydrogen) atoms. The van der Waals surface area contributed by atoms with Gasteiger partial charge < -0.3 is 14.2 Å². The number of fused-ring (bicyclic) bond motifs is 18. The number of thiophene rings is 5. The lowest BCUT2D eigenvalue weighted by Gasteiger charge is -2.26. The molecule has 0 fully saturated rings. The van der Waals surface area contributed by atoms with Crippen molar-refractivity contribution in [2.45, 2.75) is 0 Å². The summed E-state index contributed by atoms with van der Waals surface area (Å²) in [5.41, 5.74) is 23.1. The average molecular weight is 1570 g/mol. The van der Waals surface area contributed by atoms with Gasteiger partial charge in [-0.15, -0.1) is 56.7 Å². The number of nitrogens with zero attached hydrogens (tertiary/aromatic N) is 2. The normalized spacial score (nSPS) is 11.8. The highest BCUT2D eigenvalue weighted by Crippen LogP contribution is 2.48. The molecule has 24 rings (SSSR count). The van der Waals surface area contributed by atoms with Crippen LogP contribution in [-0.4, -0.2) is 0 Å². The Hall–Kier alpha value is -13.5. The summed E-state index contributed by atoms with van der Waals surface area (Å²) in [6, 6.07) is 147. The Labute approximate surface area is 689 Å². The molecule has 24 aromatic rings. The molecule has 8 heteroatoms. The largest absolute Gasteiger partial charge is 0.456 e. The van der Waals surface area contributed by atoms with Crippen LogP contribution in [0.5, 0.6) is 0 Å². The molecule has 0 aliphatic heterocycles. The van der Waals surface area contributed by atoms with Crippen molar-refractivity contribution in [2.24, 2.45) is 0 Å². The first-order valence-electron chi connectivity index (χ1n) is 39.1. The fourth-order valence-corrected chi connectivity index (χ4v) is 23.0. The molecule has 0 unspecified atom stereocenters. The maximum absolute atomic E-state index is 6.13. The van der Waals surface area contributed by atoms with E-state index in [4.69, 9.17) is 4.42 Å². The Morgan fingerprint density at radius 1 is 0.155 bits per heavy atom. The maximum atomic E-state index is 6.13.